The van der Waals surface area contributed by atoms with Crippen LogP contribution in [0.15, 0.2) is 0 Å². The molecule has 2 aliphatic carbocycles. The number of nitrogens with one attached hydrogen (secondary N) is 1. The highest BCUT2D eigenvalue weighted by atomic mass is 16.2. The van der Waals surface area contributed by atoms with Crippen molar-refractivity contribution in [3.8, 4) is 0 Å². The third kappa shape index (κ3) is 4.27. The molecule has 0 aliphatic heterocycles. The van der Waals surface area contributed by atoms with E-state index in [1.165, 1.54) is 57.8 Å². The smallest absolute Gasteiger partial charge is 0.233 e. The van der Waals surface area contributed by atoms with Crippen molar-refractivity contribution in [3.05, 3.63) is 0 Å². The Bertz CT molecular complexity index is 257. The van der Waals surface area contributed by atoms with Gasteiger partial charge in [-0.15, -0.1) is 0 Å². The molecule has 0 aromatic rings. The van der Waals surface area contributed by atoms with E-state index in [1.807, 2.05) is 0 Å². The molecule has 0 aromatic heterocycles. The van der Waals surface area contributed by atoms with Crippen LogP contribution in [0.25, 0.3) is 0 Å². The zero-order chi connectivity index (χ0) is 12.8. The molecule has 2 rings (SSSR count). The number of carbonyl (C=O) groups excluding carboxylic acids is 1. The van der Waals surface area contributed by atoms with Gasteiger partial charge in [0.2, 0.25) is 5.91 Å². The van der Waals surface area contributed by atoms with Crippen molar-refractivity contribution >= 4 is 5.91 Å². The Labute approximate surface area is 111 Å². The average Bonchev–Trinajstić information content (AvgIpc) is 3.13. The zero-order valence-corrected chi connectivity index (χ0v) is 11.5. The third-order valence-corrected chi connectivity index (χ3v) is 4.89. The normalized spacial score (nSPS) is 30.1. The molecular formula is C15H28N2O. The third-order valence-electron chi connectivity index (χ3n) is 4.89. The molecule has 2 unspecified atom stereocenters. The van der Waals surface area contributed by atoms with Crippen LogP contribution in [0.2, 0.25) is 0 Å². The van der Waals surface area contributed by atoms with E-state index in [4.69, 9.17) is 5.84 Å². The second kappa shape index (κ2) is 7.13. The van der Waals surface area contributed by atoms with Crippen molar-refractivity contribution in [1.29, 1.82) is 0 Å². The number of hydrogen-bond donors (Lipinski definition) is 2. The Hall–Kier alpha value is -0.570. The topological polar surface area (TPSA) is 55.1 Å². The molecule has 2 saturated carbocycles. The summed E-state index contributed by atoms with van der Waals surface area (Å²) in [6, 6.07) is 0. The van der Waals surface area contributed by atoms with E-state index in [0.29, 0.717) is 6.42 Å². The summed E-state index contributed by atoms with van der Waals surface area (Å²) in [5.41, 5.74) is 2.23. The predicted octanol–water partition coefficient (Wildman–Crippen LogP) is 3.14. The van der Waals surface area contributed by atoms with E-state index >= 15 is 0 Å². The molecule has 0 saturated heterocycles. The van der Waals surface area contributed by atoms with Gasteiger partial charge in [0.15, 0.2) is 0 Å². The highest BCUT2D eigenvalue weighted by Gasteiger charge is 2.41. The van der Waals surface area contributed by atoms with Crippen LogP contribution in [-0.2, 0) is 4.79 Å². The van der Waals surface area contributed by atoms with Gasteiger partial charge in [-0.3, -0.25) is 10.2 Å². The summed E-state index contributed by atoms with van der Waals surface area (Å²) in [6.07, 6.45) is 14.5. The van der Waals surface area contributed by atoms with E-state index in [9.17, 15) is 4.79 Å². The fourth-order valence-electron chi connectivity index (χ4n) is 3.66. The van der Waals surface area contributed by atoms with Gasteiger partial charge in [0.25, 0.3) is 0 Å². The molecular weight excluding hydrogens is 224 g/mol. The lowest BCUT2D eigenvalue weighted by Gasteiger charge is -2.15. The molecule has 0 radical (unpaired) electrons. The van der Waals surface area contributed by atoms with Crippen LogP contribution < -0.4 is 11.3 Å². The molecule has 1 amide bonds. The second-order valence-electron chi connectivity index (χ2n) is 6.22. The molecule has 2 aliphatic rings. The molecule has 104 valence electrons. The number of hydrazine groups is 1. The fourth-order valence-corrected chi connectivity index (χ4v) is 3.66. The van der Waals surface area contributed by atoms with Gasteiger partial charge >= 0.3 is 0 Å². The number of amides is 1. The van der Waals surface area contributed by atoms with E-state index in [0.717, 1.165) is 24.2 Å². The maximum Gasteiger partial charge on any atom is 0.233 e. The van der Waals surface area contributed by atoms with Gasteiger partial charge in [-0.25, -0.2) is 5.84 Å². The van der Waals surface area contributed by atoms with Gasteiger partial charge in [0, 0.05) is 6.42 Å². The van der Waals surface area contributed by atoms with E-state index < -0.39 is 0 Å². The molecule has 0 bridgehead atoms. The zero-order valence-electron chi connectivity index (χ0n) is 11.5. The van der Waals surface area contributed by atoms with Crippen LogP contribution in [0, 0.1) is 17.8 Å². The molecule has 0 aromatic carbocycles. The summed E-state index contributed by atoms with van der Waals surface area (Å²) in [5.74, 6) is 7.80. The van der Waals surface area contributed by atoms with Gasteiger partial charge in [-0.2, -0.15) is 0 Å². The summed E-state index contributed by atoms with van der Waals surface area (Å²) in [6.45, 7) is 0. The first-order valence-electron chi connectivity index (χ1n) is 7.80. The number of carbonyl (C=O) groups is 1. The first-order valence-corrected chi connectivity index (χ1v) is 7.80. The first-order chi connectivity index (χ1) is 8.81. The lowest BCUT2D eigenvalue weighted by molar-refractivity contribution is -0.121. The van der Waals surface area contributed by atoms with Crippen LogP contribution in [0.1, 0.15) is 70.6 Å². The molecule has 2 fully saturated rings. The van der Waals surface area contributed by atoms with Gasteiger partial charge in [0.05, 0.1) is 0 Å². The molecule has 18 heavy (non-hydrogen) atoms. The molecule has 3 N–H and O–H groups in total. The van der Waals surface area contributed by atoms with Crippen molar-refractivity contribution < 1.29 is 4.79 Å². The Morgan fingerprint density at radius 3 is 2.28 bits per heavy atom. The van der Waals surface area contributed by atoms with Crippen LogP contribution in [0.3, 0.4) is 0 Å². The predicted molar refractivity (Wildman–Crippen MR) is 73.6 cm³/mol. The number of hydrogen-bond acceptors (Lipinski definition) is 2. The Morgan fingerprint density at radius 2 is 1.67 bits per heavy atom. The maximum absolute atomic E-state index is 11.1. The number of rotatable bonds is 4. The standard InChI is InChI=1S/C15H28N2O/c16-17-15(18)10-9-13-11-14(13)12-7-5-3-1-2-4-6-8-12/h12-14H,1-11,16H2,(H,17,18). The van der Waals surface area contributed by atoms with Crippen LogP contribution in [-0.4, -0.2) is 5.91 Å². The molecule has 2 atom stereocenters. The summed E-state index contributed by atoms with van der Waals surface area (Å²) < 4.78 is 0. The van der Waals surface area contributed by atoms with Crippen LogP contribution in [0.4, 0.5) is 0 Å². The summed E-state index contributed by atoms with van der Waals surface area (Å²) in [5, 5.41) is 0. The van der Waals surface area contributed by atoms with Crippen molar-refractivity contribution in [2.45, 2.75) is 70.6 Å². The van der Waals surface area contributed by atoms with Crippen LogP contribution in [0.5, 0.6) is 0 Å². The number of nitrogens with two attached hydrogens (primary N) is 1. The van der Waals surface area contributed by atoms with Gasteiger partial charge in [-0.05, 0) is 30.6 Å². The van der Waals surface area contributed by atoms with E-state index in [-0.39, 0.29) is 5.91 Å². The highest BCUT2D eigenvalue weighted by molar-refractivity contribution is 5.75. The summed E-state index contributed by atoms with van der Waals surface area (Å²) in [4.78, 5) is 11.1. The van der Waals surface area contributed by atoms with Crippen molar-refractivity contribution in [2.75, 3.05) is 0 Å². The van der Waals surface area contributed by atoms with Crippen molar-refractivity contribution in [2.24, 2.45) is 23.6 Å². The largest absolute Gasteiger partial charge is 0.294 e. The Balaban J connectivity index is 1.69. The monoisotopic (exact) mass is 252 g/mol. The average molecular weight is 252 g/mol. The lowest BCUT2D eigenvalue weighted by Crippen LogP contribution is -2.29. The molecule has 3 nitrogen and oxygen atoms in total. The van der Waals surface area contributed by atoms with Crippen molar-refractivity contribution in [1.82, 2.24) is 5.43 Å². The SMILES string of the molecule is NNC(=O)CCC1CC1C1CCCCCCCC1. The van der Waals surface area contributed by atoms with Gasteiger partial charge in [0.1, 0.15) is 0 Å². The molecule has 0 heterocycles. The summed E-state index contributed by atoms with van der Waals surface area (Å²) >= 11 is 0. The minimum atomic E-state index is -0.00452. The maximum atomic E-state index is 11.1. The fraction of sp³-hybridized carbons (Fsp3) is 0.933. The molecule has 3 heteroatoms. The Morgan fingerprint density at radius 1 is 1.06 bits per heavy atom. The first kappa shape index (κ1) is 13.9. The highest BCUT2D eigenvalue weighted by Crippen LogP contribution is 2.50. The minimum absolute atomic E-state index is 0.00452. The van der Waals surface area contributed by atoms with Gasteiger partial charge in [-0.1, -0.05) is 51.4 Å². The van der Waals surface area contributed by atoms with E-state index in [1.54, 1.807) is 0 Å². The van der Waals surface area contributed by atoms with Crippen LogP contribution >= 0.6 is 0 Å². The van der Waals surface area contributed by atoms with E-state index in [2.05, 4.69) is 5.43 Å². The second-order valence-corrected chi connectivity index (χ2v) is 6.22. The lowest BCUT2D eigenvalue weighted by atomic mass is 9.90. The van der Waals surface area contributed by atoms with Gasteiger partial charge < -0.3 is 0 Å². The minimum Gasteiger partial charge on any atom is -0.294 e. The van der Waals surface area contributed by atoms with Crippen molar-refractivity contribution in [3.63, 3.8) is 0 Å². The molecule has 0 spiro atoms. The quantitative estimate of drug-likeness (QED) is 0.459. The summed E-state index contributed by atoms with van der Waals surface area (Å²) in [7, 11) is 0. The Kier molecular flexibility index (Phi) is 5.48.